The van der Waals surface area contributed by atoms with Crippen molar-refractivity contribution in [1.29, 1.82) is 0 Å². The number of pyridine rings is 1. The molecule has 5 rings (SSSR count). The van der Waals surface area contributed by atoms with Crippen LogP contribution in [0.25, 0.3) is 5.69 Å². The van der Waals surface area contributed by atoms with E-state index in [4.69, 9.17) is 28.6 Å². The lowest BCUT2D eigenvalue weighted by Gasteiger charge is -2.29. The zero-order chi connectivity index (χ0) is 26.1. The van der Waals surface area contributed by atoms with Gasteiger partial charge in [-0.3, -0.25) is 9.78 Å². The summed E-state index contributed by atoms with van der Waals surface area (Å²) in [5.41, 5.74) is 3.66. The van der Waals surface area contributed by atoms with Crippen molar-refractivity contribution < 1.29 is 13.9 Å². The van der Waals surface area contributed by atoms with Gasteiger partial charge in [-0.15, -0.1) is 0 Å². The van der Waals surface area contributed by atoms with Crippen molar-refractivity contribution in [1.82, 2.24) is 14.9 Å². The standard InChI is InChI=1S/C27H23ClFN5O2S/c1-16(35)31-22-15-18(9-11-24(22)36-2)34-26(25(32-27(34)37)21-6-3-4-12-30-21)23-7-5-13-33(23)17-8-10-20(29)19(28)14-17/h3-15,25-26H,1-2H3,(H,31,35)(H,32,37)/t25-,26-/m1/s1. The van der Waals surface area contributed by atoms with E-state index in [9.17, 15) is 9.18 Å². The molecule has 2 atom stereocenters. The van der Waals surface area contributed by atoms with Gasteiger partial charge in [0.05, 0.1) is 29.6 Å². The summed E-state index contributed by atoms with van der Waals surface area (Å²) in [6.07, 6.45) is 3.63. The van der Waals surface area contributed by atoms with Gasteiger partial charge in [0.15, 0.2) is 5.11 Å². The number of benzene rings is 2. The first kappa shape index (κ1) is 24.7. The van der Waals surface area contributed by atoms with Crippen LogP contribution >= 0.6 is 23.8 Å². The highest BCUT2D eigenvalue weighted by Crippen LogP contribution is 2.44. The van der Waals surface area contributed by atoms with Crippen LogP contribution in [0, 0.1) is 5.82 Å². The molecule has 0 radical (unpaired) electrons. The summed E-state index contributed by atoms with van der Waals surface area (Å²) in [4.78, 5) is 18.4. The molecule has 1 saturated heterocycles. The van der Waals surface area contributed by atoms with Crippen LogP contribution in [0.1, 0.15) is 30.4 Å². The summed E-state index contributed by atoms with van der Waals surface area (Å²) in [7, 11) is 1.54. The van der Waals surface area contributed by atoms with Crippen LogP contribution in [-0.4, -0.2) is 27.7 Å². The lowest BCUT2D eigenvalue weighted by Crippen LogP contribution is -2.30. The van der Waals surface area contributed by atoms with Crippen LogP contribution in [0.4, 0.5) is 15.8 Å². The molecule has 0 spiro atoms. The third-order valence-electron chi connectivity index (χ3n) is 6.13. The Balaban J connectivity index is 1.67. The molecular formula is C27H23ClFN5O2S. The van der Waals surface area contributed by atoms with Crippen LogP contribution in [0.5, 0.6) is 5.75 Å². The van der Waals surface area contributed by atoms with Crippen LogP contribution in [0.15, 0.2) is 79.1 Å². The first-order chi connectivity index (χ1) is 17.9. The monoisotopic (exact) mass is 535 g/mol. The highest BCUT2D eigenvalue weighted by atomic mass is 35.5. The van der Waals surface area contributed by atoms with Gasteiger partial charge < -0.3 is 24.8 Å². The normalized spacial score (nSPS) is 17.0. The molecule has 0 saturated carbocycles. The molecule has 37 heavy (non-hydrogen) atoms. The van der Waals surface area contributed by atoms with E-state index in [2.05, 4.69) is 15.6 Å². The van der Waals surface area contributed by atoms with Crippen LogP contribution in [-0.2, 0) is 4.79 Å². The third kappa shape index (κ3) is 4.75. The second kappa shape index (κ2) is 10.2. The molecular weight excluding hydrogens is 513 g/mol. The van der Waals surface area contributed by atoms with E-state index >= 15 is 0 Å². The smallest absolute Gasteiger partial charge is 0.221 e. The SMILES string of the molecule is COc1ccc(N2C(=S)N[C@H](c3ccccn3)[C@H]2c2cccn2-c2ccc(F)c(Cl)c2)cc1NC(C)=O. The summed E-state index contributed by atoms with van der Waals surface area (Å²) >= 11 is 11.9. The maximum Gasteiger partial charge on any atom is 0.221 e. The summed E-state index contributed by atoms with van der Waals surface area (Å²) in [5, 5.41) is 6.77. The minimum Gasteiger partial charge on any atom is -0.495 e. The second-order valence-electron chi connectivity index (χ2n) is 8.46. The van der Waals surface area contributed by atoms with Crippen molar-refractivity contribution in [3.8, 4) is 11.4 Å². The molecule has 7 nitrogen and oxygen atoms in total. The Morgan fingerprint density at radius 3 is 2.65 bits per heavy atom. The highest BCUT2D eigenvalue weighted by Gasteiger charge is 2.42. The number of thiocarbonyl (C=S) groups is 1. The molecule has 10 heteroatoms. The zero-order valence-electron chi connectivity index (χ0n) is 20.0. The van der Waals surface area contributed by atoms with Gasteiger partial charge in [0.25, 0.3) is 0 Å². The number of rotatable bonds is 6. The van der Waals surface area contributed by atoms with E-state index < -0.39 is 5.82 Å². The summed E-state index contributed by atoms with van der Waals surface area (Å²) in [6.45, 7) is 1.44. The molecule has 4 aromatic rings. The minimum atomic E-state index is -0.487. The number of hydrogen-bond donors (Lipinski definition) is 2. The van der Waals surface area contributed by atoms with Gasteiger partial charge in [-0.05, 0) is 72.9 Å². The summed E-state index contributed by atoms with van der Waals surface area (Å²) < 4.78 is 21.3. The predicted octanol–water partition coefficient (Wildman–Crippen LogP) is 5.81. The van der Waals surface area contributed by atoms with E-state index in [1.165, 1.54) is 13.0 Å². The van der Waals surface area contributed by atoms with Gasteiger partial charge in [0, 0.05) is 36.4 Å². The number of anilines is 2. The molecule has 1 amide bonds. The molecule has 0 aliphatic carbocycles. The molecule has 3 heterocycles. The Bertz CT molecular complexity index is 1480. The number of halogens is 2. The fourth-order valence-corrected chi connectivity index (χ4v) is 5.09. The Hall–Kier alpha value is -3.95. The number of nitrogens with one attached hydrogen (secondary N) is 2. The molecule has 0 bridgehead atoms. The number of ether oxygens (including phenoxy) is 1. The quantitative estimate of drug-likeness (QED) is 0.304. The number of nitrogens with zero attached hydrogens (tertiary/aromatic N) is 3. The Labute approximate surface area is 223 Å². The topological polar surface area (TPSA) is 71.4 Å². The Kier molecular flexibility index (Phi) is 6.82. The fraction of sp³-hybridized carbons (Fsp3) is 0.148. The van der Waals surface area contributed by atoms with E-state index in [0.717, 1.165) is 17.1 Å². The van der Waals surface area contributed by atoms with Gasteiger partial charge in [-0.25, -0.2) is 4.39 Å². The average molecular weight is 536 g/mol. The number of hydrogen-bond acceptors (Lipinski definition) is 4. The average Bonchev–Trinajstić information content (AvgIpc) is 3.50. The van der Waals surface area contributed by atoms with E-state index in [1.54, 1.807) is 31.5 Å². The van der Waals surface area contributed by atoms with E-state index in [-0.39, 0.29) is 23.0 Å². The van der Waals surface area contributed by atoms with E-state index in [1.807, 2.05) is 58.1 Å². The van der Waals surface area contributed by atoms with Crippen molar-refractivity contribution in [2.24, 2.45) is 0 Å². The molecule has 0 unspecified atom stereocenters. The van der Waals surface area contributed by atoms with Crippen LogP contribution in [0.2, 0.25) is 5.02 Å². The van der Waals surface area contributed by atoms with Crippen molar-refractivity contribution in [3.05, 3.63) is 101 Å². The first-order valence-electron chi connectivity index (χ1n) is 11.5. The van der Waals surface area contributed by atoms with Crippen molar-refractivity contribution in [2.45, 2.75) is 19.0 Å². The van der Waals surface area contributed by atoms with Crippen molar-refractivity contribution >= 4 is 46.2 Å². The van der Waals surface area contributed by atoms with Gasteiger partial charge in [0.1, 0.15) is 17.6 Å². The number of carbonyl (C=O) groups is 1. The Morgan fingerprint density at radius 2 is 1.95 bits per heavy atom. The summed E-state index contributed by atoms with van der Waals surface area (Å²) in [6, 6.07) is 19.1. The molecule has 1 fully saturated rings. The first-order valence-corrected chi connectivity index (χ1v) is 12.2. The highest BCUT2D eigenvalue weighted by molar-refractivity contribution is 7.80. The van der Waals surface area contributed by atoms with Crippen LogP contribution < -0.4 is 20.3 Å². The van der Waals surface area contributed by atoms with Crippen LogP contribution in [0.3, 0.4) is 0 Å². The summed E-state index contributed by atoms with van der Waals surface area (Å²) in [5.74, 6) is -0.179. The number of carbonyl (C=O) groups excluding carboxylic acids is 1. The molecule has 2 aromatic heterocycles. The van der Waals surface area contributed by atoms with Gasteiger partial charge >= 0.3 is 0 Å². The second-order valence-corrected chi connectivity index (χ2v) is 9.26. The predicted molar refractivity (Wildman–Crippen MR) is 146 cm³/mol. The molecule has 2 N–H and O–H groups in total. The lowest BCUT2D eigenvalue weighted by atomic mass is 10.0. The lowest BCUT2D eigenvalue weighted by molar-refractivity contribution is -0.114. The maximum atomic E-state index is 13.9. The van der Waals surface area contributed by atoms with Gasteiger partial charge in [-0.2, -0.15) is 0 Å². The van der Waals surface area contributed by atoms with Crippen molar-refractivity contribution in [2.75, 3.05) is 17.3 Å². The molecule has 1 aliphatic rings. The van der Waals surface area contributed by atoms with Gasteiger partial charge in [0.2, 0.25) is 5.91 Å². The fourth-order valence-electron chi connectivity index (χ4n) is 4.57. The minimum absolute atomic E-state index is 0.0328. The maximum absolute atomic E-state index is 13.9. The van der Waals surface area contributed by atoms with E-state index in [0.29, 0.717) is 22.2 Å². The van der Waals surface area contributed by atoms with Crippen molar-refractivity contribution in [3.63, 3.8) is 0 Å². The number of amides is 1. The third-order valence-corrected chi connectivity index (χ3v) is 6.74. The molecule has 1 aliphatic heterocycles. The molecule has 2 aromatic carbocycles. The number of aromatic nitrogens is 2. The van der Waals surface area contributed by atoms with Gasteiger partial charge in [-0.1, -0.05) is 17.7 Å². The Morgan fingerprint density at radius 1 is 1.14 bits per heavy atom. The largest absolute Gasteiger partial charge is 0.495 e. The zero-order valence-corrected chi connectivity index (χ0v) is 21.6. The molecule has 188 valence electrons. The number of methoxy groups -OCH3 is 1.